The first-order valence-electron chi connectivity index (χ1n) is 10.5. The Morgan fingerprint density at radius 2 is 1.82 bits per heavy atom. The van der Waals surface area contributed by atoms with Crippen molar-refractivity contribution < 1.29 is 4.79 Å². The first kappa shape index (κ1) is 20.3. The van der Waals surface area contributed by atoms with Crippen LogP contribution in [0.1, 0.15) is 21.6 Å². The summed E-state index contributed by atoms with van der Waals surface area (Å²) in [6.45, 7) is 3.86. The van der Waals surface area contributed by atoms with Crippen LogP contribution in [0.2, 0.25) is 0 Å². The molecule has 0 atom stereocenters. The number of nitrogens with zero attached hydrogens (tertiary/aromatic N) is 5. The molecule has 0 bridgehead atoms. The highest BCUT2D eigenvalue weighted by Crippen LogP contribution is 2.22. The van der Waals surface area contributed by atoms with Gasteiger partial charge in [0.25, 0.3) is 11.7 Å². The number of carbonyl (C=O) groups excluding carboxylic acids is 1. The summed E-state index contributed by atoms with van der Waals surface area (Å²) in [6, 6.07) is 20.6. The molecule has 8 nitrogen and oxygen atoms in total. The van der Waals surface area contributed by atoms with E-state index in [-0.39, 0.29) is 5.91 Å². The number of aromatic nitrogens is 5. The Morgan fingerprint density at radius 1 is 0.939 bits per heavy atom. The van der Waals surface area contributed by atoms with Gasteiger partial charge in [-0.2, -0.15) is 9.50 Å². The average Bonchev–Trinajstić information content (AvgIpc) is 3.26. The van der Waals surface area contributed by atoms with E-state index in [2.05, 4.69) is 30.7 Å². The summed E-state index contributed by atoms with van der Waals surface area (Å²) >= 11 is 0. The molecule has 162 valence electrons. The number of hydrogen-bond acceptors (Lipinski definition) is 6. The molecule has 0 aliphatic rings. The van der Waals surface area contributed by atoms with Crippen molar-refractivity contribution in [3.8, 4) is 11.4 Å². The van der Waals surface area contributed by atoms with Gasteiger partial charge in [0.15, 0.2) is 5.82 Å². The lowest BCUT2D eigenvalue weighted by atomic mass is 10.1. The maximum absolute atomic E-state index is 12.8. The molecule has 0 saturated carbocycles. The van der Waals surface area contributed by atoms with Gasteiger partial charge in [0.05, 0.1) is 0 Å². The fraction of sp³-hybridized carbons (Fsp3) is 0.0800. The molecule has 0 aliphatic heterocycles. The number of para-hydroxylation sites is 1. The fourth-order valence-corrected chi connectivity index (χ4v) is 3.49. The Morgan fingerprint density at radius 3 is 2.64 bits per heavy atom. The molecule has 0 unspecified atom stereocenters. The molecular formula is C25H21N7O. The summed E-state index contributed by atoms with van der Waals surface area (Å²) in [7, 11) is 0. The van der Waals surface area contributed by atoms with E-state index in [1.807, 2.05) is 68.4 Å². The summed E-state index contributed by atoms with van der Waals surface area (Å²) in [4.78, 5) is 26.0. The Hall–Kier alpha value is -4.59. The molecule has 0 saturated heterocycles. The van der Waals surface area contributed by atoms with E-state index in [0.717, 1.165) is 28.2 Å². The second-order valence-corrected chi connectivity index (χ2v) is 7.65. The van der Waals surface area contributed by atoms with Gasteiger partial charge in [-0.25, -0.2) is 4.98 Å². The van der Waals surface area contributed by atoms with Crippen molar-refractivity contribution in [2.45, 2.75) is 13.8 Å². The summed E-state index contributed by atoms with van der Waals surface area (Å²) in [6.07, 6.45) is 3.42. The maximum atomic E-state index is 12.8. The van der Waals surface area contributed by atoms with Gasteiger partial charge in [-0.15, -0.1) is 5.10 Å². The monoisotopic (exact) mass is 435 g/mol. The molecule has 2 N–H and O–H groups in total. The third kappa shape index (κ3) is 4.27. The van der Waals surface area contributed by atoms with Crippen molar-refractivity contribution in [3.63, 3.8) is 0 Å². The van der Waals surface area contributed by atoms with E-state index in [9.17, 15) is 4.79 Å². The van der Waals surface area contributed by atoms with E-state index in [0.29, 0.717) is 23.0 Å². The molecule has 5 rings (SSSR count). The van der Waals surface area contributed by atoms with E-state index in [1.54, 1.807) is 29.0 Å². The zero-order valence-corrected chi connectivity index (χ0v) is 18.1. The molecule has 0 spiro atoms. The minimum Gasteiger partial charge on any atom is -0.340 e. The fourth-order valence-electron chi connectivity index (χ4n) is 3.49. The predicted octanol–water partition coefficient (Wildman–Crippen LogP) is 4.80. The summed E-state index contributed by atoms with van der Waals surface area (Å²) in [5, 5.41) is 10.9. The smallest absolute Gasteiger partial charge is 0.255 e. The van der Waals surface area contributed by atoms with Crippen LogP contribution in [0.25, 0.3) is 17.2 Å². The highest BCUT2D eigenvalue weighted by Gasteiger charge is 2.13. The molecule has 2 aromatic carbocycles. The number of aryl methyl sites for hydroxylation is 2. The average molecular weight is 435 g/mol. The SMILES string of the molecule is Cc1cc(Nc2cccc(C(=O)Nc3ccccc3C)c2)n2nc(-c3cccnc3)nc2n1. The molecule has 1 amide bonds. The van der Waals surface area contributed by atoms with E-state index >= 15 is 0 Å². The molecule has 0 radical (unpaired) electrons. The van der Waals surface area contributed by atoms with Crippen molar-refractivity contribution in [2.75, 3.05) is 10.6 Å². The van der Waals surface area contributed by atoms with Crippen molar-refractivity contribution in [1.29, 1.82) is 0 Å². The van der Waals surface area contributed by atoms with Gasteiger partial charge in [-0.3, -0.25) is 9.78 Å². The van der Waals surface area contributed by atoms with E-state index in [1.165, 1.54) is 0 Å². The number of pyridine rings is 1. The van der Waals surface area contributed by atoms with Gasteiger partial charge in [-0.1, -0.05) is 24.3 Å². The molecule has 5 aromatic rings. The normalized spacial score (nSPS) is 10.8. The van der Waals surface area contributed by atoms with Crippen LogP contribution in [0.15, 0.2) is 79.1 Å². The van der Waals surface area contributed by atoms with Crippen molar-refractivity contribution >= 4 is 28.9 Å². The maximum Gasteiger partial charge on any atom is 0.255 e. The van der Waals surface area contributed by atoms with Crippen LogP contribution in [0.3, 0.4) is 0 Å². The molecule has 33 heavy (non-hydrogen) atoms. The number of fused-ring (bicyclic) bond motifs is 1. The Kier molecular flexibility index (Phi) is 5.24. The minimum atomic E-state index is -0.177. The number of nitrogens with one attached hydrogen (secondary N) is 2. The van der Waals surface area contributed by atoms with Gasteiger partial charge < -0.3 is 10.6 Å². The van der Waals surface area contributed by atoms with Gasteiger partial charge in [0.1, 0.15) is 5.82 Å². The number of amides is 1. The summed E-state index contributed by atoms with van der Waals surface area (Å²) < 4.78 is 1.65. The second-order valence-electron chi connectivity index (χ2n) is 7.65. The number of anilines is 3. The molecule has 3 heterocycles. The Bertz CT molecular complexity index is 1460. The zero-order chi connectivity index (χ0) is 22.8. The van der Waals surface area contributed by atoms with Crippen LogP contribution in [-0.4, -0.2) is 30.5 Å². The number of benzene rings is 2. The molecule has 0 aliphatic carbocycles. The van der Waals surface area contributed by atoms with Gasteiger partial charge >= 0.3 is 0 Å². The number of carbonyl (C=O) groups is 1. The van der Waals surface area contributed by atoms with E-state index < -0.39 is 0 Å². The minimum absolute atomic E-state index is 0.177. The summed E-state index contributed by atoms with van der Waals surface area (Å²) in [5.74, 6) is 1.53. The zero-order valence-electron chi connectivity index (χ0n) is 18.1. The third-order valence-electron chi connectivity index (χ3n) is 5.15. The van der Waals surface area contributed by atoms with Gasteiger partial charge in [0, 0.05) is 46.7 Å². The standard InChI is InChI=1S/C25H21N7O/c1-16-7-3-4-11-21(16)29-24(33)18-8-5-10-20(14-18)28-22-13-17(2)27-25-30-23(31-32(22)25)19-9-6-12-26-15-19/h3-15,28H,1-2H3,(H,29,33). The first-order chi connectivity index (χ1) is 16.1. The van der Waals surface area contributed by atoms with Crippen LogP contribution in [-0.2, 0) is 0 Å². The lowest BCUT2D eigenvalue weighted by Gasteiger charge is -2.11. The van der Waals surface area contributed by atoms with Crippen LogP contribution in [0.4, 0.5) is 17.2 Å². The molecule has 8 heteroatoms. The highest BCUT2D eigenvalue weighted by atomic mass is 16.1. The second kappa shape index (κ2) is 8.51. The lowest BCUT2D eigenvalue weighted by Crippen LogP contribution is -2.13. The van der Waals surface area contributed by atoms with Gasteiger partial charge in [-0.05, 0) is 55.8 Å². The largest absolute Gasteiger partial charge is 0.340 e. The van der Waals surface area contributed by atoms with Crippen LogP contribution in [0.5, 0.6) is 0 Å². The van der Waals surface area contributed by atoms with E-state index in [4.69, 9.17) is 0 Å². The topological polar surface area (TPSA) is 97.1 Å². The predicted molar refractivity (Wildman–Crippen MR) is 128 cm³/mol. The van der Waals surface area contributed by atoms with Crippen molar-refractivity contribution in [1.82, 2.24) is 24.6 Å². The van der Waals surface area contributed by atoms with Crippen LogP contribution in [0, 0.1) is 13.8 Å². The first-order valence-corrected chi connectivity index (χ1v) is 10.5. The lowest BCUT2D eigenvalue weighted by molar-refractivity contribution is 0.102. The Balaban J connectivity index is 1.45. The summed E-state index contributed by atoms with van der Waals surface area (Å²) in [5.41, 5.74) is 4.69. The number of hydrogen-bond donors (Lipinski definition) is 2. The van der Waals surface area contributed by atoms with Gasteiger partial charge in [0.2, 0.25) is 0 Å². The highest BCUT2D eigenvalue weighted by molar-refractivity contribution is 6.05. The molecule has 3 aromatic heterocycles. The Labute approximate surface area is 190 Å². The number of rotatable bonds is 5. The quantitative estimate of drug-likeness (QED) is 0.412. The van der Waals surface area contributed by atoms with Crippen LogP contribution >= 0.6 is 0 Å². The van der Waals surface area contributed by atoms with Crippen LogP contribution < -0.4 is 10.6 Å². The third-order valence-corrected chi connectivity index (χ3v) is 5.15. The van der Waals surface area contributed by atoms with Crippen molar-refractivity contribution in [3.05, 3.63) is 95.9 Å². The molecular weight excluding hydrogens is 414 g/mol. The van der Waals surface area contributed by atoms with Crippen molar-refractivity contribution in [2.24, 2.45) is 0 Å². The molecule has 0 fully saturated rings.